The standard InChI is InChI=1S/C9H16O3/c1-4-6-2-5(3-7(6)10)8(4)9(11)12/h4-12H,2-3H2,1H3. The molecule has 3 nitrogen and oxygen atoms in total. The monoisotopic (exact) mass is 172 g/mol. The molecular formula is C9H16O3. The Hall–Kier alpha value is -0.120. The molecule has 3 N–H and O–H groups in total. The van der Waals surface area contributed by atoms with E-state index in [-0.39, 0.29) is 17.9 Å². The van der Waals surface area contributed by atoms with Crippen LogP contribution in [0.2, 0.25) is 0 Å². The van der Waals surface area contributed by atoms with Gasteiger partial charge in [0.1, 0.15) is 0 Å². The van der Waals surface area contributed by atoms with Crippen molar-refractivity contribution in [2.75, 3.05) is 0 Å². The Balaban J connectivity index is 2.13. The number of hydrogen-bond donors (Lipinski definition) is 3. The summed E-state index contributed by atoms with van der Waals surface area (Å²) in [6.07, 6.45) is 0.351. The Labute approximate surface area is 72.0 Å². The van der Waals surface area contributed by atoms with E-state index in [0.29, 0.717) is 11.8 Å². The van der Waals surface area contributed by atoms with Crippen LogP contribution in [0.5, 0.6) is 0 Å². The molecule has 2 saturated carbocycles. The molecule has 0 aromatic carbocycles. The predicted molar refractivity (Wildman–Crippen MR) is 43.1 cm³/mol. The minimum Gasteiger partial charge on any atom is -0.393 e. The van der Waals surface area contributed by atoms with E-state index in [9.17, 15) is 5.11 Å². The van der Waals surface area contributed by atoms with Crippen molar-refractivity contribution in [2.45, 2.75) is 32.2 Å². The number of aliphatic hydroxyl groups excluding tert-OH is 2. The van der Waals surface area contributed by atoms with Crippen LogP contribution in [0.3, 0.4) is 0 Å². The molecule has 0 amide bonds. The first-order valence-corrected chi connectivity index (χ1v) is 4.65. The molecule has 0 radical (unpaired) electrons. The van der Waals surface area contributed by atoms with Crippen molar-refractivity contribution in [1.82, 2.24) is 0 Å². The number of hydrogen-bond acceptors (Lipinski definition) is 3. The lowest BCUT2D eigenvalue weighted by Crippen LogP contribution is -2.36. The van der Waals surface area contributed by atoms with Crippen molar-refractivity contribution in [1.29, 1.82) is 0 Å². The fraction of sp³-hybridized carbons (Fsp3) is 1.00. The van der Waals surface area contributed by atoms with Gasteiger partial charge in [-0.2, -0.15) is 0 Å². The molecule has 0 aromatic heterocycles. The molecule has 2 rings (SSSR count). The van der Waals surface area contributed by atoms with E-state index in [4.69, 9.17) is 10.2 Å². The van der Waals surface area contributed by atoms with Gasteiger partial charge in [-0.05, 0) is 30.6 Å². The molecule has 12 heavy (non-hydrogen) atoms. The second-order valence-electron chi connectivity index (χ2n) is 4.31. The van der Waals surface area contributed by atoms with Crippen molar-refractivity contribution in [2.24, 2.45) is 23.7 Å². The summed E-state index contributed by atoms with van der Waals surface area (Å²) in [6.45, 7) is 2.01. The maximum Gasteiger partial charge on any atom is 0.154 e. The molecule has 0 spiro atoms. The van der Waals surface area contributed by atoms with E-state index in [1.54, 1.807) is 0 Å². The van der Waals surface area contributed by atoms with Crippen LogP contribution in [0.25, 0.3) is 0 Å². The highest BCUT2D eigenvalue weighted by atomic mass is 16.5. The molecule has 2 aliphatic rings. The van der Waals surface area contributed by atoms with Crippen molar-refractivity contribution in [3.63, 3.8) is 0 Å². The fourth-order valence-corrected chi connectivity index (χ4v) is 3.20. The summed E-state index contributed by atoms with van der Waals surface area (Å²) in [5.41, 5.74) is 0. The van der Waals surface area contributed by atoms with Gasteiger partial charge in [0.2, 0.25) is 0 Å². The van der Waals surface area contributed by atoms with Gasteiger partial charge in [0.25, 0.3) is 0 Å². The van der Waals surface area contributed by atoms with Crippen LogP contribution in [-0.4, -0.2) is 27.7 Å². The first kappa shape index (κ1) is 8.48. The van der Waals surface area contributed by atoms with E-state index >= 15 is 0 Å². The summed E-state index contributed by atoms with van der Waals surface area (Å²) in [5, 5.41) is 27.7. The molecule has 2 aliphatic carbocycles. The summed E-state index contributed by atoms with van der Waals surface area (Å²) >= 11 is 0. The molecule has 5 atom stereocenters. The van der Waals surface area contributed by atoms with Crippen LogP contribution in [0.4, 0.5) is 0 Å². The Morgan fingerprint density at radius 1 is 1.25 bits per heavy atom. The second kappa shape index (κ2) is 2.69. The zero-order valence-corrected chi connectivity index (χ0v) is 7.22. The third-order valence-corrected chi connectivity index (χ3v) is 3.78. The Morgan fingerprint density at radius 3 is 2.33 bits per heavy atom. The highest BCUT2D eigenvalue weighted by molar-refractivity contribution is 4.99. The zero-order chi connectivity index (χ0) is 8.88. The summed E-state index contributed by atoms with van der Waals surface area (Å²) < 4.78 is 0. The Morgan fingerprint density at radius 2 is 1.92 bits per heavy atom. The minimum atomic E-state index is -1.19. The average molecular weight is 172 g/mol. The molecule has 0 saturated heterocycles. The normalized spacial score (nSPS) is 52.2. The maximum absolute atomic E-state index is 9.53. The van der Waals surface area contributed by atoms with Crippen LogP contribution < -0.4 is 0 Å². The minimum absolute atomic E-state index is 0.00148. The average Bonchev–Trinajstić information content (AvgIpc) is 2.42. The van der Waals surface area contributed by atoms with E-state index in [1.165, 1.54) is 0 Å². The summed E-state index contributed by atoms with van der Waals surface area (Å²) in [5.74, 6) is 0.902. The van der Waals surface area contributed by atoms with Crippen molar-refractivity contribution in [3.8, 4) is 0 Å². The van der Waals surface area contributed by atoms with Crippen molar-refractivity contribution in [3.05, 3.63) is 0 Å². The van der Waals surface area contributed by atoms with Gasteiger partial charge in [-0.15, -0.1) is 0 Å². The largest absolute Gasteiger partial charge is 0.393 e. The van der Waals surface area contributed by atoms with Gasteiger partial charge in [0.05, 0.1) is 6.10 Å². The van der Waals surface area contributed by atoms with Gasteiger partial charge in [-0.3, -0.25) is 0 Å². The second-order valence-corrected chi connectivity index (χ2v) is 4.31. The number of fused-ring (bicyclic) bond motifs is 2. The summed E-state index contributed by atoms with van der Waals surface area (Å²) in [7, 11) is 0. The Bertz CT molecular complexity index is 179. The lowest BCUT2D eigenvalue weighted by molar-refractivity contribution is -0.121. The van der Waals surface area contributed by atoms with E-state index < -0.39 is 6.29 Å². The van der Waals surface area contributed by atoms with E-state index in [0.717, 1.165) is 12.8 Å². The quantitative estimate of drug-likeness (QED) is 0.486. The molecule has 0 aromatic rings. The zero-order valence-electron chi connectivity index (χ0n) is 7.22. The van der Waals surface area contributed by atoms with Crippen LogP contribution in [0.15, 0.2) is 0 Å². The van der Waals surface area contributed by atoms with Crippen molar-refractivity contribution < 1.29 is 15.3 Å². The first-order chi connectivity index (χ1) is 5.61. The van der Waals surface area contributed by atoms with Crippen LogP contribution >= 0.6 is 0 Å². The molecule has 2 bridgehead atoms. The van der Waals surface area contributed by atoms with E-state index in [2.05, 4.69) is 0 Å². The molecule has 70 valence electrons. The highest BCUT2D eigenvalue weighted by Gasteiger charge is 2.52. The van der Waals surface area contributed by atoms with E-state index in [1.807, 2.05) is 6.92 Å². The molecule has 3 heteroatoms. The smallest absolute Gasteiger partial charge is 0.154 e. The summed E-state index contributed by atoms with van der Waals surface area (Å²) in [4.78, 5) is 0. The van der Waals surface area contributed by atoms with Gasteiger partial charge in [-0.25, -0.2) is 0 Å². The Kier molecular flexibility index (Phi) is 1.90. The summed E-state index contributed by atoms with van der Waals surface area (Å²) in [6, 6.07) is 0. The number of aliphatic hydroxyl groups is 3. The fourth-order valence-electron chi connectivity index (χ4n) is 3.20. The SMILES string of the molecule is CC1C2CC(CC2O)C1C(O)O. The topological polar surface area (TPSA) is 60.7 Å². The van der Waals surface area contributed by atoms with Gasteiger partial charge >= 0.3 is 0 Å². The predicted octanol–water partition coefficient (Wildman–Crippen LogP) is -0.0499. The maximum atomic E-state index is 9.53. The lowest BCUT2D eigenvalue weighted by atomic mass is 9.79. The molecule has 0 aliphatic heterocycles. The third kappa shape index (κ3) is 1.00. The van der Waals surface area contributed by atoms with Gasteiger partial charge in [0, 0.05) is 5.92 Å². The van der Waals surface area contributed by atoms with Crippen LogP contribution in [0, 0.1) is 23.7 Å². The van der Waals surface area contributed by atoms with Gasteiger partial charge in [0.15, 0.2) is 6.29 Å². The first-order valence-electron chi connectivity index (χ1n) is 4.65. The third-order valence-electron chi connectivity index (χ3n) is 3.78. The number of rotatable bonds is 1. The highest BCUT2D eigenvalue weighted by Crippen LogP contribution is 2.52. The van der Waals surface area contributed by atoms with Crippen molar-refractivity contribution >= 4 is 0 Å². The lowest BCUT2D eigenvalue weighted by Gasteiger charge is -2.32. The molecule has 2 fully saturated rings. The molecule has 5 unspecified atom stereocenters. The molecular weight excluding hydrogens is 156 g/mol. The van der Waals surface area contributed by atoms with Crippen LogP contribution in [-0.2, 0) is 0 Å². The van der Waals surface area contributed by atoms with Gasteiger partial charge < -0.3 is 15.3 Å². The molecule has 0 heterocycles. The van der Waals surface area contributed by atoms with Gasteiger partial charge in [-0.1, -0.05) is 6.92 Å². The van der Waals surface area contributed by atoms with Crippen LogP contribution in [0.1, 0.15) is 19.8 Å².